The molecule has 0 unspecified atom stereocenters. The van der Waals surface area contributed by atoms with Gasteiger partial charge in [0.05, 0.1) is 0 Å². The summed E-state index contributed by atoms with van der Waals surface area (Å²) in [5, 5.41) is 7.91. The van der Waals surface area contributed by atoms with Gasteiger partial charge in [-0.15, -0.1) is 0 Å². The highest BCUT2D eigenvalue weighted by Gasteiger charge is 2.95. The van der Waals surface area contributed by atoms with Crippen LogP contribution in [-0.2, 0) is 56.8 Å². The summed E-state index contributed by atoms with van der Waals surface area (Å²) in [5.74, 6) is -113. The van der Waals surface area contributed by atoms with Gasteiger partial charge in [-0.1, -0.05) is 0 Å². The molecule has 0 aliphatic heterocycles. The van der Waals surface area contributed by atoms with Gasteiger partial charge in [-0.2, -0.15) is 329 Å². The standard InChI is InChI=1S/C38H3F75O13/c39-2(40,1-114)15(66,67)115-16(68,69)3(41,42)17(70,71)116-18(72,73)4(43,44)19(74,75)117-20(76,77)5(45,46)21(78,79)118-22(80,81)6(47,48)23(82,83)119-24(84,85)7(49,50)25(86,87)120-26(88,89)8(51,52)27(90,91)121-28(92,93)9(53,54)29(94,95)122-30(96,97)10(55,56)31(98,99)123-32(100,101)11(57,58)33(102,103)124-34(104,105)12(59,60)35(106,107)125-36(108,109)13(61,62)37(110,111)126-38(112,113)14(63,64)65/h114H,1H2. The number of alkyl halides is 75. The molecule has 0 aromatic heterocycles. The second-order valence-corrected chi connectivity index (χ2v) is 21.3. The molecule has 0 radical (unpaired) electrons. The molecule has 758 valence electrons. The Kier molecular flexibility index (Phi) is 30.3. The van der Waals surface area contributed by atoms with Crippen molar-refractivity contribution in [1.82, 2.24) is 0 Å². The number of aliphatic hydroxyl groups is 1. The summed E-state index contributed by atoms with van der Waals surface area (Å²) < 4.78 is 1040. The van der Waals surface area contributed by atoms with Gasteiger partial charge < -0.3 is 5.11 Å². The van der Waals surface area contributed by atoms with E-state index in [-0.39, 0.29) is 0 Å². The number of aliphatic hydroxyl groups excluding tert-OH is 1. The van der Waals surface area contributed by atoms with E-state index < -0.39 is 230 Å². The summed E-state index contributed by atoms with van der Waals surface area (Å²) in [6, 6.07) is 0. The predicted octanol–water partition coefficient (Wildman–Crippen LogP) is 22.6. The van der Waals surface area contributed by atoms with E-state index in [0.29, 0.717) is 47.4 Å². The second-order valence-electron chi connectivity index (χ2n) is 21.3. The molecule has 0 aliphatic carbocycles. The maximum atomic E-state index is 14.1. The fourth-order valence-corrected chi connectivity index (χ4v) is 5.43. The van der Waals surface area contributed by atoms with Gasteiger partial charge in [0.1, 0.15) is 6.61 Å². The highest BCUT2D eigenvalue weighted by Crippen LogP contribution is 2.67. The lowest BCUT2D eigenvalue weighted by atomic mass is 10.2. The molecule has 0 aromatic rings. The van der Waals surface area contributed by atoms with E-state index in [9.17, 15) is 329 Å². The average Bonchev–Trinajstić information content (AvgIpc) is 0.721. The van der Waals surface area contributed by atoms with Gasteiger partial charge in [0.15, 0.2) is 0 Å². The molecule has 0 amide bonds. The number of hydrogen-bond donors (Lipinski definition) is 1. The molecule has 0 heterocycles. The van der Waals surface area contributed by atoms with Crippen LogP contribution in [0, 0.1) is 0 Å². The molecule has 0 bridgehead atoms. The van der Waals surface area contributed by atoms with E-state index in [0.717, 1.165) is 9.47 Å². The Bertz CT molecular complexity index is 3600. The number of halogens is 75. The van der Waals surface area contributed by atoms with Crippen LogP contribution in [0.2, 0.25) is 0 Å². The normalized spacial score (nSPS) is 17.1. The molecule has 0 rings (SSSR count). The quantitative estimate of drug-likeness (QED) is 0.0581. The predicted molar refractivity (Wildman–Crippen MR) is 204 cm³/mol. The molecule has 0 saturated heterocycles. The largest absolute Gasteiger partial charge is 0.483 e. The van der Waals surface area contributed by atoms with E-state index in [2.05, 4.69) is 0 Å². The van der Waals surface area contributed by atoms with Crippen molar-refractivity contribution in [2.24, 2.45) is 0 Å². The summed E-state index contributed by atoms with van der Waals surface area (Å²) in [6.45, 7) is -3.66. The van der Waals surface area contributed by atoms with Gasteiger partial charge >= 0.3 is 224 Å². The Morgan fingerprint density at radius 2 is 0.167 bits per heavy atom. The lowest BCUT2D eigenvalue weighted by Gasteiger charge is -2.41. The Balaban J connectivity index is 7.33. The molecule has 1 N–H and O–H groups in total. The molecule has 0 saturated carbocycles. The maximum absolute atomic E-state index is 14.1. The minimum absolute atomic E-state index is 0.377. The van der Waals surface area contributed by atoms with E-state index >= 15 is 0 Å². The van der Waals surface area contributed by atoms with Crippen LogP contribution in [0.15, 0.2) is 0 Å². The van der Waals surface area contributed by atoms with Crippen molar-refractivity contribution >= 4 is 0 Å². The highest BCUT2D eigenvalue weighted by atomic mass is 19.5. The summed E-state index contributed by atoms with van der Waals surface area (Å²) in [4.78, 5) is 0. The lowest BCUT2D eigenvalue weighted by molar-refractivity contribution is -0.578. The third-order valence-electron chi connectivity index (χ3n) is 12.1. The number of hydrogen-bond acceptors (Lipinski definition) is 13. The lowest BCUT2D eigenvalue weighted by Crippen LogP contribution is -2.69. The molecule has 88 heteroatoms. The van der Waals surface area contributed by atoms with E-state index in [1.165, 1.54) is 0 Å². The van der Waals surface area contributed by atoms with Gasteiger partial charge in [0.2, 0.25) is 0 Å². The smallest absolute Gasteiger partial charge is 0.390 e. The Morgan fingerprint density at radius 3 is 0.230 bits per heavy atom. The number of ether oxygens (including phenoxy) is 12. The molecule has 0 spiro atoms. The van der Waals surface area contributed by atoms with Gasteiger partial charge in [-0.05, 0) is 0 Å². The fourth-order valence-electron chi connectivity index (χ4n) is 5.43. The van der Waals surface area contributed by atoms with Crippen LogP contribution in [0.5, 0.6) is 0 Å². The van der Waals surface area contributed by atoms with Crippen LogP contribution in [0.3, 0.4) is 0 Å². The molecule has 126 heavy (non-hydrogen) atoms. The van der Waals surface area contributed by atoms with E-state index in [1.54, 1.807) is 0 Å². The summed E-state index contributed by atoms with van der Waals surface area (Å²) in [7, 11) is 0. The van der Waals surface area contributed by atoms with Gasteiger partial charge in [-0.3, -0.25) is 0 Å². The Hall–Kier alpha value is -5.77. The van der Waals surface area contributed by atoms with Crippen molar-refractivity contribution in [3.63, 3.8) is 0 Å². The van der Waals surface area contributed by atoms with Gasteiger partial charge in [0, 0.05) is 0 Å². The summed E-state index contributed by atoms with van der Waals surface area (Å²) in [6.07, 6.45) is -232. The first-order valence-corrected chi connectivity index (χ1v) is 25.7. The van der Waals surface area contributed by atoms with Crippen LogP contribution in [0.1, 0.15) is 0 Å². The molecule has 0 atom stereocenters. The van der Waals surface area contributed by atoms with Crippen molar-refractivity contribution in [3.8, 4) is 0 Å². The molecule has 0 aromatic carbocycles. The second kappa shape index (κ2) is 31.7. The molecular formula is C38H3F75O13. The fraction of sp³-hybridized carbons (Fsp3) is 1.00. The Morgan fingerprint density at radius 1 is 0.103 bits per heavy atom. The minimum atomic E-state index is -9.94. The highest BCUT2D eigenvalue weighted by molar-refractivity contribution is 5.02. The van der Waals surface area contributed by atoms with Gasteiger partial charge in [-0.25, -0.2) is 56.8 Å². The molecule has 13 nitrogen and oxygen atoms in total. The van der Waals surface area contributed by atoms with Crippen LogP contribution in [-0.4, -0.2) is 236 Å². The maximum Gasteiger partial charge on any atom is 0.483 e. The molecule has 0 aliphatic rings. The topological polar surface area (TPSA) is 131 Å². The Labute approximate surface area is 623 Å². The van der Waals surface area contributed by atoms with Crippen molar-refractivity contribution in [1.29, 1.82) is 0 Å². The monoisotopic (exact) mass is 2090 g/mol. The summed E-state index contributed by atoms with van der Waals surface area (Å²) in [5.41, 5.74) is 0. The van der Waals surface area contributed by atoms with Crippen molar-refractivity contribution < 1.29 is 391 Å². The van der Waals surface area contributed by atoms with E-state index in [1.807, 2.05) is 0 Å². The molecular weight excluding hydrogens is 2090 g/mol. The van der Waals surface area contributed by atoms with Gasteiger partial charge in [0.25, 0.3) is 0 Å². The summed E-state index contributed by atoms with van der Waals surface area (Å²) >= 11 is 0. The SMILES string of the molecule is OCC(F)(F)C(F)(F)OC(F)(F)C(F)(F)C(F)(F)OC(F)(F)C(F)(F)C(F)(F)OC(F)(F)C(F)(F)C(F)(F)OC(F)(F)C(F)(F)C(F)(F)OC(F)(F)C(F)(F)C(F)(F)OC(F)(F)C(F)(F)C(F)(F)OC(F)(F)C(F)(F)C(F)(F)OC(F)(F)C(F)(F)C(F)(F)OC(F)(F)C(F)(F)C(F)(F)OC(F)(F)C(F)(F)C(F)(F)OC(F)(F)C(F)(F)C(F)(F)OC(F)(F)C(F)(F)F. The van der Waals surface area contributed by atoms with E-state index in [4.69, 9.17) is 5.11 Å². The first-order valence-electron chi connectivity index (χ1n) is 25.7. The minimum Gasteiger partial charge on any atom is -0.390 e. The van der Waals surface area contributed by atoms with Crippen LogP contribution < -0.4 is 0 Å². The first-order chi connectivity index (χ1) is 53.0. The van der Waals surface area contributed by atoms with Crippen LogP contribution >= 0.6 is 0 Å². The third-order valence-corrected chi connectivity index (χ3v) is 12.1. The third kappa shape index (κ3) is 20.0. The van der Waals surface area contributed by atoms with Crippen LogP contribution in [0.4, 0.5) is 329 Å². The molecule has 0 fully saturated rings. The first kappa shape index (κ1) is 120. The zero-order valence-corrected chi connectivity index (χ0v) is 52.9. The van der Waals surface area contributed by atoms with Crippen molar-refractivity contribution in [3.05, 3.63) is 0 Å². The zero-order valence-electron chi connectivity index (χ0n) is 52.9. The average molecular weight is 2090 g/mol. The van der Waals surface area contributed by atoms with Crippen LogP contribution in [0.25, 0.3) is 0 Å². The van der Waals surface area contributed by atoms with Crippen molar-refractivity contribution in [2.75, 3.05) is 6.61 Å². The zero-order chi connectivity index (χ0) is 104. The number of rotatable bonds is 48. The van der Waals surface area contributed by atoms with Crippen molar-refractivity contribution in [2.45, 2.75) is 224 Å².